The second-order valence-corrected chi connectivity index (χ2v) is 1.62. The second-order valence-electron chi connectivity index (χ2n) is 0.811. The Kier molecular flexibility index (Phi) is 4.78. The highest BCUT2D eigenvalue weighted by Gasteiger charge is 1.73. The molecule has 0 aromatic carbocycles. The van der Waals surface area contributed by atoms with Crippen LogP contribution in [0.5, 0.6) is 0 Å². The van der Waals surface area contributed by atoms with E-state index in [1.165, 1.54) is 6.32 Å². The zero-order chi connectivity index (χ0) is 4.12. The zero-order valence-corrected chi connectivity index (χ0v) is 4.51. The van der Waals surface area contributed by atoms with Gasteiger partial charge in [-0.25, -0.2) is 11.6 Å². The molecule has 0 heterocycles. The lowest BCUT2D eigenvalue weighted by Gasteiger charge is -1.76. The molecule has 29 valence electrons. The van der Waals surface area contributed by atoms with E-state index < -0.39 is 0 Å². The van der Waals surface area contributed by atoms with Crippen LogP contribution in [0.4, 0.5) is 0 Å². The minimum absolute atomic E-state index is 1.18. The van der Waals surface area contributed by atoms with Crippen LogP contribution in [0.1, 0.15) is 6.92 Å². The molecule has 0 saturated carbocycles. The Hall–Kier alpha value is 0.415. The molecule has 0 nitrogen and oxygen atoms in total. The van der Waals surface area contributed by atoms with E-state index in [9.17, 15) is 0 Å². The lowest BCUT2D eigenvalue weighted by molar-refractivity contribution is 1.48. The normalized spacial score (nSPS) is 7.60. The highest BCUT2D eigenvalue weighted by Crippen LogP contribution is 1.88. The first-order valence-corrected chi connectivity index (χ1v) is 3.05. The Balaban J connectivity index is 2.19. The van der Waals surface area contributed by atoms with Crippen LogP contribution >= 0.6 is 11.6 Å². The van der Waals surface area contributed by atoms with Crippen molar-refractivity contribution in [2.45, 2.75) is 13.2 Å². The molecule has 0 aliphatic rings. The summed E-state index contributed by atoms with van der Waals surface area (Å²) >= 11 is 1.78. The summed E-state index contributed by atoms with van der Waals surface area (Å²) in [5.41, 5.74) is 0. The maximum atomic E-state index is 2.17. The third kappa shape index (κ3) is 4.41. The molecule has 0 bridgehead atoms. The van der Waals surface area contributed by atoms with E-state index in [0.717, 1.165) is 0 Å². The smallest absolute Gasteiger partial charge is 0.191 e. The first kappa shape index (κ1) is 5.41. The lowest BCUT2D eigenvalue weighted by Crippen LogP contribution is -1.70. The maximum Gasteiger partial charge on any atom is 0.191 e. The molecule has 1 radical (unpaired) electrons. The van der Waals surface area contributed by atoms with E-state index in [-0.39, 0.29) is 0 Å². The molecule has 0 atom stereocenters. The van der Waals surface area contributed by atoms with Gasteiger partial charge in [-0.2, -0.15) is 0 Å². The summed E-state index contributed by atoms with van der Waals surface area (Å²) in [6.07, 6.45) is 3.25. The fraction of sp³-hybridized carbons (Fsp3) is 1.00. The molecule has 0 aromatic heterocycles. The number of rotatable bonds is 2. The standard InChI is InChI=1S/C3H8BS/c1-3-4-5-2/h3H2,1-2H3. The van der Waals surface area contributed by atoms with Gasteiger partial charge < -0.3 is 0 Å². The van der Waals surface area contributed by atoms with Crippen LogP contribution in [-0.2, 0) is 0 Å². The van der Waals surface area contributed by atoms with Crippen LogP contribution in [0, 0.1) is 0 Å². The molecule has 0 N–H and O–H groups in total. The van der Waals surface area contributed by atoms with E-state index in [1.807, 2.05) is 0 Å². The second kappa shape index (κ2) is 4.41. The summed E-state index contributed by atoms with van der Waals surface area (Å²) in [5, 5.41) is 0. The van der Waals surface area contributed by atoms with Crippen molar-refractivity contribution in [3.8, 4) is 0 Å². The SMILES string of the molecule is CC[B]SC. The lowest BCUT2D eigenvalue weighted by atomic mass is 10.1. The molecule has 0 aliphatic heterocycles. The summed E-state index contributed by atoms with van der Waals surface area (Å²) in [6.45, 7) is 4.30. The van der Waals surface area contributed by atoms with E-state index in [2.05, 4.69) is 19.7 Å². The van der Waals surface area contributed by atoms with Crippen molar-refractivity contribution in [3.63, 3.8) is 0 Å². The molecule has 0 aromatic rings. The van der Waals surface area contributed by atoms with Crippen LogP contribution < -0.4 is 0 Å². The molecular weight excluding hydrogens is 78.9 g/mol. The summed E-state index contributed by atoms with van der Waals surface area (Å²) < 4.78 is 0. The third-order valence-electron chi connectivity index (χ3n) is 0.333. The van der Waals surface area contributed by atoms with Gasteiger partial charge in [-0.05, 0) is 6.26 Å². The average Bonchev–Trinajstić information content (AvgIpc) is 1.41. The molecule has 2 heteroatoms. The van der Waals surface area contributed by atoms with Crippen molar-refractivity contribution in [3.05, 3.63) is 0 Å². The Labute approximate surface area is 38.5 Å². The largest absolute Gasteiger partial charge is 0.221 e. The van der Waals surface area contributed by atoms with Crippen molar-refractivity contribution in [2.24, 2.45) is 0 Å². The van der Waals surface area contributed by atoms with Crippen LogP contribution in [0.15, 0.2) is 0 Å². The molecule has 0 saturated heterocycles. The molecule has 0 amide bonds. The van der Waals surface area contributed by atoms with Crippen molar-refractivity contribution < 1.29 is 0 Å². The predicted molar refractivity (Wildman–Crippen MR) is 29.7 cm³/mol. The van der Waals surface area contributed by atoms with Gasteiger partial charge in [-0.1, -0.05) is 13.2 Å². The maximum absolute atomic E-state index is 2.17. The van der Waals surface area contributed by atoms with Gasteiger partial charge in [0.1, 0.15) is 0 Å². The number of hydrogen-bond donors (Lipinski definition) is 0. The van der Waals surface area contributed by atoms with Crippen LogP contribution in [-0.4, -0.2) is 12.8 Å². The summed E-state index contributed by atoms with van der Waals surface area (Å²) in [4.78, 5) is 0. The van der Waals surface area contributed by atoms with Gasteiger partial charge in [0.05, 0.1) is 0 Å². The van der Waals surface area contributed by atoms with Gasteiger partial charge in [0.15, 0.2) is 6.56 Å². The van der Waals surface area contributed by atoms with E-state index in [4.69, 9.17) is 0 Å². The van der Waals surface area contributed by atoms with E-state index in [1.54, 1.807) is 11.6 Å². The highest BCUT2D eigenvalue weighted by molar-refractivity contribution is 8.21. The van der Waals surface area contributed by atoms with Crippen LogP contribution in [0.25, 0.3) is 0 Å². The summed E-state index contributed by atoms with van der Waals surface area (Å²) in [5.74, 6) is 0. The molecule has 0 spiro atoms. The van der Waals surface area contributed by atoms with Gasteiger partial charge in [0, 0.05) is 0 Å². The first-order valence-electron chi connectivity index (χ1n) is 1.76. The van der Waals surface area contributed by atoms with E-state index >= 15 is 0 Å². The first-order chi connectivity index (χ1) is 2.41. The fourth-order valence-corrected chi connectivity index (χ4v) is 0.500. The van der Waals surface area contributed by atoms with Crippen molar-refractivity contribution >= 4 is 18.2 Å². The quantitative estimate of drug-likeness (QED) is 0.459. The minimum atomic E-state index is 1.18. The third-order valence-corrected chi connectivity index (χ3v) is 1.000. The molecule has 5 heavy (non-hydrogen) atoms. The topological polar surface area (TPSA) is 0 Å². The summed E-state index contributed by atoms with van der Waals surface area (Å²) in [7, 11) is 0. The van der Waals surface area contributed by atoms with Gasteiger partial charge in [0.25, 0.3) is 0 Å². The van der Waals surface area contributed by atoms with Crippen molar-refractivity contribution in [2.75, 3.05) is 6.26 Å². The predicted octanol–water partition coefficient (Wildman–Crippen LogP) is 1.41. The van der Waals surface area contributed by atoms with Gasteiger partial charge in [0.2, 0.25) is 0 Å². The Morgan fingerprint density at radius 3 is 2.40 bits per heavy atom. The van der Waals surface area contributed by atoms with Crippen molar-refractivity contribution in [1.29, 1.82) is 0 Å². The van der Waals surface area contributed by atoms with Gasteiger partial charge in [-0.15, -0.1) is 0 Å². The van der Waals surface area contributed by atoms with Crippen LogP contribution in [0.3, 0.4) is 0 Å². The zero-order valence-electron chi connectivity index (χ0n) is 3.69. The van der Waals surface area contributed by atoms with Gasteiger partial charge >= 0.3 is 0 Å². The Morgan fingerprint density at radius 1 is 1.80 bits per heavy atom. The summed E-state index contributed by atoms with van der Waals surface area (Å²) in [6, 6.07) is 0. The fourth-order valence-electron chi connectivity index (χ4n) is 0.167. The van der Waals surface area contributed by atoms with Crippen molar-refractivity contribution in [1.82, 2.24) is 0 Å². The molecule has 0 fully saturated rings. The van der Waals surface area contributed by atoms with Gasteiger partial charge in [-0.3, -0.25) is 0 Å². The molecular formula is C3H8BS. The molecule has 0 unspecified atom stereocenters. The van der Waals surface area contributed by atoms with Crippen LogP contribution in [0.2, 0.25) is 6.32 Å². The average molecular weight is 87.0 g/mol. The molecule has 0 rings (SSSR count). The number of hydrogen-bond acceptors (Lipinski definition) is 1. The monoisotopic (exact) mass is 87.0 g/mol. The Morgan fingerprint density at radius 2 is 2.40 bits per heavy atom. The minimum Gasteiger partial charge on any atom is -0.221 e. The Bertz CT molecular complexity index is 14.4. The van der Waals surface area contributed by atoms with E-state index in [0.29, 0.717) is 0 Å². The molecule has 0 aliphatic carbocycles. The highest BCUT2D eigenvalue weighted by atomic mass is 32.2.